The second kappa shape index (κ2) is 13.8. The molecule has 0 saturated carbocycles. The van der Waals surface area contributed by atoms with E-state index in [0.717, 1.165) is 58.1 Å². The van der Waals surface area contributed by atoms with Crippen LogP contribution in [0, 0.1) is 5.92 Å². The predicted octanol–water partition coefficient (Wildman–Crippen LogP) is 3.30. The number of halogens is 1. The number of hydrogen-bond acceptors (Lipinski definition) is 4. The zero-order chi connectivity index (χ0) is 17.0. The number of nitrogens with zero attached hydrogens (tertiary/aromatic N) is 1. The highest BCUT2D eigenvalue weighted by Gasteiger charge is 2.14. The number of hydrogen-bond donors (Lipinski definition) is 2. The summed E-state index contributed by atoms with van der Waals surface area (Å²) >= 11 is 1.83. The van der Waals surface area contributed by atoms with Crippen LogP contribution in [0.5, 0.6) is 0 Å². The van der Waals surface area contributed by atoms with Crippen LogP contribution in [0.25, 0.3) is 0 Å². The topological polar surface area (TPSA) is 54.9 Å². The minimum atomic E-state index is 0. The number of ether oxygens (including phenoxy) is 2. The molecule has 25 heavy (non-hydrogen) atoms. The van der Waals surface area contributed by atoms with E-state index in [2.05, 4.69) is 40.1 Å². The van der Waals surface area contributed by atoms with E-state index in [4.69, 9.17) is 9.47 Å². The highest BCUT2D eigenvalue weighted by molar-refractivity contribution is 14.0. The first-order valence-electron chi connectivity index (χ1n) is 8.94. The lowest BCUT2D eigenvalue weighted by atomic mass is 10.1. The van der Waals surface area contributed by atoms with Gasteiger partial charge in [0.2, 0.25) is 0 Å². The summed E-state index contributed by atoms with van der Waals surface area (Å²) in [5, 5.41) is 8.88. The Kier molecular flexibility index (Phi) is 12.5. The van der Waals surface area contributed by atoms with Gasteiger partial charge in [-0.1, -0.05) is 13.0 Å². The van der Waals surface area contributed by atoms with Crippen molar-refractivity contribution >= 4 is 41.3 Å². The molecule has 2 unspecified atom stereocenters. The number of rotatable bonds is 10. The van der Waals surface area contributed by atoms with Crippen LogP contribution in [0.3, 0.4) is 0 Å². The van der Waals surface area contributed by atoms with Crippen molar-refractivity contribution in [3.05, 3.63) is 22.4 Å². The molecule has 0 aliphatic carbocycles. The first-order chi connectivity index (χ1) is 11.8. The Morgan fingerprint density at radius 2 is 2.36 bits per heavy atom. The van der Waals surface area contributed by atoms with Crippen LogP contribution >= 0.6 is 35.3 Å². The predicted molar refractivity (Wildman–Crippen MR) is 116 cm³/mol. The smallest absolute Gasteiger partial charge is 0.190 e. The molecule has 2 N–H and O–H groups in total. The van der Waals surface area contributed by atoms with Gasteiger partial charge >= 0.3 is 0 Å². The molecule has 0 spiro atoms. The Bertz CT molecular complexity index is 465. The minimum Gasteiger partial charge on any atom is -0.379 e. The first-order valence-corrected chi connectivity index (χ1v) is 9.82. The van der Waals surface area contributed by atoms with Crippen LogP contribution in [0.15, 0.2) is 22.5 Å². The summed E-state index contributed by atoms with van der Waals surface area (Å²) in [6.45, 7) is 6.44. The Labute approximate surface area is 173 Å². The van der Waals surface area contributed by atoms with Gasteiger partial charge in [0, 0.05) is 38.2 Å². The molecule has 1 aliphatic heterocycles. The summed E-state index contributed by atoms with van der Waals surface area (Å²) in [5.41, 5.74) is 0. The molecule has 2 rings (SSSR count). The van der Waals surface area contributed by atoms with Gasteiger partial charge in [-0.05, 0) is 43.0 Å². The molecular formula is C18H32IN3O2S. The standard InChI is InChI=1S/C18H31N3O2S.HI/c1-15(12-17-7-4-11-24-17)13-21-18(19-2)20-8-5-9-22-14-16-6-3-10-23-16;/h4,7,11,15-16H,3,5-6,8-10,12-14H2,1-2H3,(H2,19,20,21);1H. The third-order valence-corrected chi connectivity index (χ3v) is 4.96. The quantitative estimate of drug-likeness (QED) is 0.233. The Balaban J connectivity index is 0.00000312. The molecule has 5 nitrogen and oxygen atoms in total. The van der Waals surface area contributed by atoms with Crippen molar-refractivity contribution in [1.29, 1.82) is 0 Å². The average molecular weight is 481 g/mol. The maximum Gasteiger partial charge on any atom is 0.190 e. The number of thiophene rings is 1. The molecule has 0 bridgehead atoms. The molecule has 1 aromatic rings. The molecule has 0 radical (unpaired) electrons. The largest absolute Gasteiger partial charge is 0.379 e. The lowest BCUT2D eigenvalue weighted by molar-refractivity contribution is 0.0168. The molecule has 1 aromatic heterocycles. The summed E-state index contributed by atoms with van der Waals surface area (Å²) in [6.07, 6.45) is 4.70. The summed E-state index contributed by atoms with van der Waals surface area (Å²) in [7, 11) is 1.81. The third kappa shape index (κ3) is 9.77. The van der Waals surface area contributed by atoms with E-state index < -0.39 is 0 Å². The lowest BCUT2D eigenvalue weighted by Crippen LogP contribution is -2.40. The normalized spacial score (nSPS) is 18.6. The van der Waals surface area contributed by atoms with E-state index in [-0.39, 0.29) is 24.0 Å². The molecule has 2 heterocycles. The zero-order valence-electron chi connectivity index (χ0n) is 15.3. The van der Waals surface area contributed by atoms with Gasteiger partial charge in [0.15, 0.2) is 5.96 Å². The second-order valence-electron chi connectivity index (χ2n) is 6.33. The summed E-state index contributed by atoms with van der Waals surface area (Å²) in [4.78, 5) is 5.71. The van der Waals surface area contributed by atoms with Crippen LogP contribution in [0.4, 0.5) is 0 Å². The van der Waals surface area contributed by atoms with E-state index in [9.17, 15) is 0 Å². The highest BCUT2D eigenvalue weighted by atomic mass is 127. The van der Waals surface area contributed by atoms with Crippen LogP contribution in [-0.4, -0.2) is 52.0 Å². The fraction of sp³-hybridized carbons (Fsp3) is 0.722. The van der Waals surface area contributed by atoms with Crippen LogP contribution in [-0.2, 0) is 15.9 Å². The van der Waals surface area contributed by atoms with Crippen LogP contribution < -0.4 is 10.6 Å². The van der Waals surface area contributed by atoms with Crippen LogP contribution in [0.2, 0.25) is 0 Å². The molecule has 1 saturated heterocycles. The molecule has 0 amide bonds. The van der Waals surface area contributed by atoms with E-state index in [1.54, 1.807) is 0 Å². The van der Waals surface area contributed by atoms with Gasteiger partial charge in [-0.2, -0.15) is 0 Å². The first kappa shape index (κ1) is 22.7. The Morgan fingerprint density at radius 1 is 1.48 bits per heavy atom. The van der Waals surface area contributed by atoms with E-state index in [1.807, 2.05) is 18.4 Å². The van der Waals surface area contributed by atoms with Crippen molar-refractivity contribution in [1.82, 2.24) is 10.6 Å². The molecule has 1 fully saturated rings. The van der Waals surface area contributed by atoms with Crippen molar-refractivity contribution < 1.29 is 9.47 Å². The van der Waals surface area contributed by atoms with Gasteiger partial charge in [-0.25, -0.2) is 0 Å². The Morgan fingerprint density at radius 3 is 3.04 bits per heavy atom. The van der Waals surface area contributed by atoms with Crippen molar-refractivity contribution in [2.75, 3.05) is 40.0 Å². The number of nitrogens with one attached hydrogen (secondary N) is 2. The highest BCUT2D eigenvalue weighted by Crippen LogP contribution is 2.13. The zero-order valence-corrected chi connectivity index (χ0v) is 18.5. The molecule has 1 aliphatic rings. The summed E-state index contributed by atoms with van der Waals surface area (Å²) < 4.78 is 11.2. The van der Waals surface area contributed by atoms with Crippen molar-refractivity contribution in [3.63, 3.8) is 0 Å². The van der Waals surface area contributed by atoms with Gasteiger partial charge in [-0.15, -0.1) is 35.3 Å². The number of guanidine groups is 1. The molecular weight excluding hydrogens is 449 g/mol. The van der Waals surface area contributed by atoms with E-state index >= 15 is 0 Å². The van der Waals surface area contributed by atoms with E-state index in [0.29, 0.717) is 12.0 Å². The maximum atomic E-state index is 5.67. The van der Waals surface area contributed by atoms with Gasteiger partial charge in [0.05, 0.1) is 12.7 Å². The summed E-state index contributed by atoms with van der Waals surface area (Å²) in [6, 6.07) is 4.31. The second-order valence-corrected chi connectivity index (χ2v) is 7.36. The van der Waals surface area contributed by atoms with Crippen molar-refractivity contribution in [2.45, 2.75) is 38.7 Å². The number of aliphatic imine (C=N–C) groups is 1. The monoisotopic (exact) mass is 481 g/mol. The minimum absolute atomic E-state index is 0. The molecule has 0 aromatic carbocycles. The third-order valence-electron chi connectivity index (χ3n) is 4.06. The molecule has 2 atom stereocenters. The maximum absolute atomic E-state index is 5.67. The molecule has 144 valence electrons. The van der Waals surface area contributed by atoms with Gasteiger partial charge < -0.3 is 20.1 Å². The Hall–Kier alpha value is -0.380. The van der Waals surface area contributed by atoms with Gasteiger partial charge in [0.25, 0.3) is 0 Å². The average Bonchev–Trinajstić information content (AvgIpc) is 3.27. The van der Waals surface area contributed by atoms with Crippen molar-refractivity contribution in [3.8, 4) is 0 Å². The van der Waals surface area contributed by atoms with Gasteiger partial charge in [-0.3, -0.25) is 4.99 Å². The fourth-order valence-electron chi connectivity index (χ4n) is 2.71. The molecule has 7 heteroatoms. The van der Waals surface area contributed by atoms with Crippen molar-refractivity contribution in [2.24, 2.45) is 10.9 Å². The van der Waals surface area contributed by atoms with Crippen LogP contribution in [0.1, 0.15) is 31.1 Å². The lowest BCUT2D eigenvalue weighted by Gasteiger charge is -2.16. The SMILES string of the molecule is CN=C(NCCCOCC1CCCO1)NCC(C)Cc1cccs1.I. The fourth-order valence-corrected chi connectivity index (χ4v) is 3.58. The van der Waals surface area contributed by atoms with Gasteiger partial charge in [0.1, 0.15) is 0 Å². The van der Waals surface area contributed by atoms with E-state index in [1.165, 1.54) is 11.3 Å². The summed E-state index contributed by atoms with van der Waals surface area (Å²) in [5.74, 6) is 1.45.